The van der Waals surface area contributed by atoms with Crippen LogP contribution in [0.2, 0.25) is 0 Å². The lowest BCUT2D eigenvalue weighted by atomic mass is 9.94. The lowest BCUT2D eigenvalue weighted by Crippen LogP contribution is -2.40. The van der Waals surface area contributed by atoms with Gasteiger partial charge in [-0.25, -0.2) is 4.98 Å². The van der Waals surface area contributed by atoms with E-state index in [2.05, 4.69) is 15.5 Å². The van der Waals surface area contributed by atoms with Crippen LogP contribution in [0.15, 0.2) is 28.8 Å². The van der Waals surface area contributed by atoms with E-state index in [1.807, 2.05) is 31.2 Å². The van der Waals surface area contributed by atoms with Gasteiger partial charge in [-0.2, -0.15) is 0 Å². The number of rotatable bonds is 3. The molecule has 1 aliphatic heterocycles. The summed E-state index contributed by atoms with van der Waals surface area (Å²) < 4.78 is 17.7. The van der Waals surface area contributed by atoms with Crippen molar-refractivity contribution >= 4 is 22.7 Å². The van der Waals surface area contributed by atoms with Crippen molar-refractivity contribution < 1.29 is 18.8 Å². The van der Waals surface area contributed by atoms with Crippen LogP contribution in [-0.2, 0) is 0 Å². The monoisotopic (exact) mass is 405 g/mol. The zero-order valence-electron chi connectivity index (χ0n) is 16.9. The second-order valence-electron chi connectivity index (χ2n) is 8.61. The third kappa shape index (κ3) is 2.91. The summed E-state index contributed by atoms with van der Waals surface area (Å²) in [6, 6.07) is 7.44. The number of aryl methyl sites for hydroxylation is 1. The highest BCUT2D eigenvalue weighted by molar-refractivity contribution is 6.12. The fourth-order valence-corrected chi connectivity index (χ4v) is 4.55. The summed E-state index contributed by atoms with van der Waals surface area (Å²) in [6.45, 7) is 1.82. The summed E-state index contributed by atoms with van der Waals surface area (Å²) in [5.74, 6) is 1.10. The first-order valence-electron chi connectivity index (χ1n) is 10.7. The minimum absolute atomic E-state index is 0.207. The number of amides is 1. The van der Waals surface area contributed by atoms with E-state index in [0.29, 0.717) is 39.7 Å². The van der Waals surface area contributed by atoms with Crippen LogP contribution >= 0.6 is 0 Å². The highest BCUT2D eigenvalue weighted by Gasteiger charge is 2.42. The largest absolute Gasteiger partial charge is 0.448 e. The molecule has 30 heavy (non-hydrogen) atoms. The van der Waals surface area contributed by atoms with Crippen molar-refractivity contribution in [2.24, 2.45) is 0 Å². The molecule has 1 aromatic carbocycles. The van der Waals surface area contributed by atoms with Gasteiger partial charge in [0.05, 0.1) is 16.6 Å². The molecule has 0 unspecified atom stereocenters. The van der Waals surface area contributed by atoms with Crippen molar-refractivity contribution in [2.75, 3.05) is 5.32 Å². The first-order chi connectivity index (χ1) is 14.6. The molecule has 6 rings (SSSR count). The van der Waals surface area contributed by atoms with Gasteiger partial charge < -0.3 is 19.3 Å². The molecule has 0 saturated heterocycles. The number of anilines is 1. The molecule has 154 valence electrons. The van der Waals surface area contributed by atoms with Crippen LogP contribution in [0, 0.1) is 6.92 Å². The molecule has 0 atom stereocenters. The van der Waals surface area contributed by atoms with E-state index < -0.39 is 5.79 Å². The molecule has 3 heterocycles. The highest BCUT2D eigenvalue weighted by Crippen LogP contribution is 2.46. The summed E-state index contributed by atoms with van der Waals surface area (Å²) in [5.41, 5.74) is 3.19. The second kappa shape index (κ2) is 6.45. The molecule has 7 heteroatoms. The van der Waals surface area contributed by atoms with Gasteiger partial charge in [-0.15, -0.1) is 0 Å². The van der Waals surface area contributed by atoms with E-state index in [4.69, 9.17) is 14.0 Å². The number of nitrogens with zero attached hydrogens (tertiary/aromatic N) is 2. The average molecular weight is 405 g/mol. The van der Waals surface area contributed by atoms with Gasteiger partial charge in [-0.3, -0.25) is 4.79 Å². The van der Waals surface area contributed by atoms with Gasteiger partial charge in [-0.05, 0) is 50.8 Å². The van der Waals surface area contributed by atoms with Crippen molar-refractivity contribution in [3.05, 3.63) is 41.2 Å². The number of carbonyl (C=O) groups excluding carboxylic acids is 1. The van der Waals surface area contributed by atoms with Crippen LogP contribution in [0.3, 0.4) is 0 Å². The first-order valence-corrected chi connectivity index (χ1v) is 10.7. The lowest BCUT2D eigenvalue weighted by molar-refractivity contribution is -0.105. The minimum atomic E-state index is -0.529. The number of ether oxygens (including phenoxy) is 2. The average Bonchev–Trinajstić information content (AvgIpc) is 3.45. The minimum Gasteiger partial charge on any atom is -0.448 e. The molecule has 0 radical (unpaired) electrons. The lowest BCUT2D eigenvalue weighted by Gasteiger charge is -2.31. The molecule has 1 spiro atoms. The number of benzene rings is 1. The predicted molar refractivity (Wildman–Crippen MR) is 110 cm³/mol. The van der Waals surface area contributed by atoms with E-state index in [1.54, 1.807) is 0 Å². The molecule has 2 saturated carbocycles. The quantitative estimate of drug-likeness (QED) is 0.653. The zero-order valence-corrected chi connectivity index (χ0v) is 16.9. The number of fused-ring (bicyclic) bond motifs is 2. The fraction of sp³-hybridized carbons (Fsp3) is 0.435. The molecule has 7 nitrogen and oxygen atoms in total. The number of pyridine rings is 1. The molecule has 2 aliphatic carbocycles. The van der Waals surface area contributed by atoms with Gasteiger partial charge in [-0.1, -0.05) is 11.6 Å². The number of hydrogen-bond acceptors (Lipinski definition) is 6. The third-order valence-corrected chi connectivity index (χ3v) is 6.29. The van der Waals surface area contributed by atoms with Crippen LogP contribution in [0.1, 0.15) is 72.6 Å². The number of nitrogens with one attached hydrogen (secondary N) is 1. The maximum absolute atomic E-state index is 13.2. The van der Waals surface area contributed by atoms with Gasteiger partial charge in [0, 0.05) is 36.2 Å². The predicted octanol–water partition coefficient (Wildman–Crippen LogP) is 5.09. The Bertz CT molecular complexity index is 1160. The van der Waals surface area contributed by atoms with Crippen molar-refractivity contribution in [3.63, 3.8) is 0 Å². The van der Waals surface area contributed by atoms with Gasteiger partial charge in [0.2, 0.25) is 0 Å². The Kier molecular flexibility index (Phi) is 3.82. The molecular weight excluding hydrogens is 382 g/mol. The smallest absolute Gasteiger partial charge is 0.259 e. The summed E-state index contributed by atoms with van der Waals surface area (Å²) in [5, 5.41) is 7.68. The Morgan fingerprint density at radius 3 is 2.70 bits per heavy atom. The molecule has 1 N–H and O–H groups in total. The highest BCUT2D eigenvalue weighted by atomic mass is 16.7. The number of hydrogen-bond donors (Lipinski definition) is 1. The standard InChI is InChI=1S/C23H23N3O4/c1-13-20-16(12-17(14-5-6-14)25-22(20)30-26-13)21(27)24-15-7-8-18-19(11-15)29-23(28-18)9-3-2-4-10-23/h7-8,11-12,14H,2-6,9-10H2,1H3,(H,24,27). The summed E-state index contributed by atoms with van der Waals surface area (Å²) in [6.07, 6.45) is 7.42. The maximum atomic E-state index is 13.2. The normalized spacial score (nSPS) is 19.4. The van der Waals surface area contributed by atoms with E-state index >= 15 is 0 Å². The van der Waals surface area contributed by atoms with E-state index in [0.717, 1.165) is 50.0 Å². The van der Waals surface area contributed by atoms with Gasteiger partial charge >= 0.3 is 0 Å². The van der Waals surface area contributed by atoms with Crippen LogP contribution in [0.25, 0.3) is 11.1 Å². The molecule has 2 aromatic heterocycles. The molecule has 3 aromatic rings. The van der Waals surface area contributed by atoms with Crippen molar-refractivity contribution in [1.29, 1.82) is 0 Å². The Balaban J connectivity index is 1.29. The zero-order chi connectivity index (χ0) is 20.3. The van der Waals surface area contributed by atoms with E-state index in [9.17, 15) is 4.79 Å². The number of aromatic nitrogens is 2. The van der Waals surface area contributed by atoms with Crippen molar-refractivity contribution in [2.45, 2.75) is 63.6 Å². The summed E-state index contributed by atoms with van der Waals surface area (Å²) >= 11 is 0. The van der Waals surface area contributed by atoms with Crippen LogP contribution in [0.4, 0.5) is 5.69 Å². The van der Waals surface area contributed by atoms with E-state index in [-0.39, 0.29) is 5.91 Å². The molecule has 1 amide bonds. The van der Waals surface area contributed by atoms with Crippen molar-refractivity contribution in [3.8, 4) is 11.5 Å². The third-order valence-electron chi connectivity index (χ3n) is 6.29. The molecule has 2 fully saturated rings. The second-order valence-corrected chi connectivity index (χ2v) is 8.61. The van der Waals surface area contributed by atoms with Crippen LogP contribution in [0.5, 0.6) is 11.5 Å². The SMILES string of the molecule is Cc1noc2nc(C3CC3)cc(C(=O)Nc3ccc4c(c3)OC3(CCCCC3)O4)c12. The van der Waals surface area contributed by atoms with E-state index in [1.165, 1.54) is 6.42 Å². The first kappa shape index (κ1) is 17.7. The maximum Gasteiger partial charge on any atom is 0.259 e. The number of carbonyl (C=O) groups is 1. The Morgan fingerprint density at radius 1 is 1.10 bits per heavy atom. The summed E-state index contributed by atoms with van der Waals surface area (Å²) in [4.78, 5) is 17.7. The Hall–Kier alpha value is -3.09. The van der Waals surface area contributed by atoms with Gasteiger partial charge in [0.25, 0.3) is 17.4 Å². The molecule has 0 bridgehead atoms. The van der Waals surface area contributed by atoms with Crippen LogP contribution < -0.4 is 14.8 Å². The summed E-state index contributed by atoms with van der Waals surface area (Å²) in [7, 11) is 0. The fourth-order valence-electron chi connectivity index (χ4n) is 4.55. The Labute approximate surface area is 173 Å². The Morgan fingerprint density at radius 2 is 1.90 bits per heavy atom. The van der Waals surface area contributed by atoms with Gasteiger partial charge in [0.15, 0.2) is 11.5 Å². The van der Waals surface area contributed by atoms with Crippen LogP contribution in [-0.4, -0.2) is 21.8 Å². The molecule has 3 aliphatic rings. The van der Waals surface area contributed by atoms with Gasteiger partial charge in [0.1, 0.15) is 0 Å². The van der Waals surface area contributed by atoms with Crippen molar-refractivity contribution in [1.82, 2.24) is 10.1 Å². The molecular formula is C23H23N3O4. The topological polar surface area (TPSA) is 86.5 Å².